The second-order valence-electron chi connectivity index (χ2n) is 6.23. The zero-order valence-electron chi connectivity index (χ0n) is 15.4. The summed E-state index contributed by atoms with van der Waals surface area (Å²) in [6.45, 7) is 5.03. The third-order valence-electron chi connectivity index (χ3n) is 4.36. The molecule has 0 aliphatic rings. The Morgan fingerprint density at radius 3 is 2.64 bits per heavy atom. The van der Waals surface area contributed by atoms with E-state index in [1.54, 1.807) is 20.8 Å². The highest BCUT2D eigenvalue weighted by molar-refractivity contribution is 6.38. The number of fused-ring (bicyclic) bond motifs is 1. The highest BCUT2D eigenvalue weighted by atomic mass is 35.5. The van der Waals surface area contributed by atoms with Crippen molar-refractivity contribution in [1.29, 1.82) is 0 Å². The normalized spacial score (nSPS) is 11.0. The highest BCUT2D eigenvalue weighted by Gasteiger charge is 2.23. The van der Waals surface area contributed by atoms with Crippen LogP contribution in [-0.4, -0.2) is 32.9 Å². The minimum Gasteiger partial charge on any atom is -0.461 e. The number of carbonyl (C=O) groups is 2. The van der Waals surface area contributed by atoms with Crippen molar-refractivity contribution in [1.82, 2.24) is 14.5 Å². The maximum Gasteiger partial charge on any atom is 0.355 e. The summed E-state index contributed by atoms with van der Waals surface area (Å²) in [5, 5.41) is 0.786. The Bertz CT molecular complexity index is 1160. The Morgan fingerprint density at radius 2 is 1.96 bits per heavy atom. The fourth-order valence-corrected chi connectivity index (χ4v) is 3.66. The Labute approximate surface area is 170 Å². The van der Waals surface area contributed by atoms with Crippen LogP contribution in [0.2, 0.25) is 10.0 Å². The Morgan fingerprint density at radius 1 is 1.25 bits per heavy atom. The molecule has 0 aliphatic heterocycles. The minimum atomic E-state index is -0.532. The Balaban J connectivity index is 1.99. The van der Waals surface area contributed by atoms with Crippen molar-refractivity contribution in [3.63, 3.8) is 0 Å². The molecule has 3 rings (SSSR count). The van der Waals surface area contributed by atoms with Crippen LogP contribution in [-0.2, 0) is 11.3 Å². The summed E-state index contributed by atoms with van der Waals surface area (Å²) in [5.41, 5.74) is 1.47. The fourth-order valence-electron chi connectivity index (χ4n) is 3.12. The number of rotatable bonds is 5. The van der Waals surface area contributed by atoms with Crippen LogP contribution in [0.15, 0.2) is 23.3 Å². The van der Waals surface area contributed by atoms with Gasteiger partial charge in [-0.2, -0.15) is 0 Å². The molecule has 0 fully saturated rings. The van der Waals surface area contributed by atoms with E-state index < -0.39 is 11.5 Å². The first kappa shape index (κ1) is 20.1. The molecular weight excluding hydrogens is 405 g/mol. The lowest BCUT2D eigenvalue weighted by Gasteiger charge is -2.08. The predicted octanol–water partition coefficient (Wildman–Crippen LogP) is 3.71. The zero-order chi connectivity index (χ0) is 20.6. The molecule has 1 aromatic carbocycles. The minimum absolute atomic E-state index is 0.225. The lowest BCUT2D eigenvalue weighted by molar-refractivity contribution is 0.0519. The summed E-state index contributed by atoms with van der Waals surface area (Å²) in [6, 6.07) is 2.96. The number of aromatic nitrogens is 3. The molecule has 146 valence electrons. The quantitative estimate of drug-likeness (QED) is 0.500. The Kier molecular flexibility index (Phi) is 5.58. The summed E-state index contributed by atoms with van der Waals surface area (Å²) >= 11 is 12.1. The lowest BCUT2D eigenvalue weighted by Crippen LogP contribution is -2.25. The van der Waals surface area contributed by atoms with Crippen LogP contribution in [0.1, 0.15) is 39.0 Å². The van der Waals surface area contributed by atoms with Gasteiger partial charge in [-0.05, 0) is 38.5 Å². The molecule has 9 heteroatoms. The number of nitrogens with zero attached hydrogens (tertiary/aromatic N) is 2. The van der Waals surface area contributed by atoms with Gasteiger partial charge in [-0.3, -0.25) is 14.2 Å². The van der Waals surface area contributed by atoms with E-state index in [1.165, 1.54) is 23.0 Å². The van der Waals surface area contributed by atoms with Crippen molar-refractivity contribution >= 4 is 45.9 Å². The van der Waals surface area contributed by atoms with Crippen LogP contribution < -0.4 is 5.56 Å². The van der Waals surface area contributed by atoms with Gasteiger partial charge in [0.25, 0.3) is 5.56 Å². The molecule has 28 heavy (non-hydrogen) atoms. The van der Waals surface area contributed by atoms with Crippen molar-refractivity contribution < 1.29 is 14.3 Å². The van der Waals surface area contributed by atoms with Gasteiger partial charge >= 0.3 is 5.97 Å². The monoisotopic (exact) mass is 421 g/mol. The third kappa shape index (κ3) is 3.55. The summed E-state index contributed by atoms with van der Waals surface area (Å²) in [5.74, 6) is -0.867. The van der Waals surface area contributed by atoms with Gasteiger partial charge in [-0.15, -0.1) is 0 Å². The molecule has 0 radical (unpaired) electrons. The third-order valence-corrected chi connectivity index (χ3v) is 4.86. The average molecular weight is 422 g/mol. The molecule has 0 spiro atoms. The van der Waals surface area contributed by atoms with E-state index in [0.717, 1.165) is 0 Å². The van der Waals surface area contributed by atoms with Crippen molar-refractivity contribution in [3.05, 3.63) is 61.4 Å². The molecule has 0 aliphatic carbocycles. The number of carbonyl (C=O) groups excluding carboxylic acids is 2. The number of nitrogens with one attached hydrogen (secondary N) is 1. The number of benzene rings is 1. The van der Waals surface area contributed by atoms with Crippen LogP contribution >= 0.6 is 23.2 Å². The topological polar surface area (TPSA) is 94.1 Å². The van der Waals surface area contributed by atoms with Crippen molar-refractivity contribution in [2.45, 2.75) is 27.3 Å². The number of H-pyrrole nitrogens is 1. The van der Waals surface area contributed by atoms with Gasteiger partial charge in [-0.25, -0.2) is 9.78 Å². The first-order chi connectivity index (χ1) is 13.2. The highest BCUT2D eigenvalue weighted by Crippen LogP contribution is 2.24. The molecular formula is C19H17Cl2N3O4. The number of ether oxygens (including phenoxy) is 1. The van der Waals surface area contributed by atoms with Crippen molar-refractivity contribution in [3.8, 4) is 0 Å². The molecule has 0 saturated carbocycles. The number of halogens is 2. The van der Waals surface area contributed by atoms with Crippen LogP contribution in [0.3, 0.4) is 0 Å². The number of Topliss-reactive ketones (excluding diaryl/α,β-unsaturated/α-hetero) is 1. The van der Waals surface area contributed by atoms with E-state index in [1.807, 2.05) is 0 Å². The van der Waals surface area contributed by atoms with Crippen LogP contribution in [0, 0.1) is 13.8 Å². The maximum absolute atomic E-state index is 12.9. The summed E-state index contributed by atoms with van der Waals surface area (Å²) in [6.07, 6.45) is 1.27. The number of aryl methyl sites for hydroxylation is 1. The van der Waals surface area contributed by atoms with Gasteiger partial charge in [-0.1, -0.05) is 23.2 Å². The number of hydrogen-bond donors (Lipinski definition) is 1. The second kappa shape index (κ2) is 7.77. The van der Waals surface area contributed by atoms with E-state index in [0.29, 0.717) is 27.4 Å². The van der Waals surface area contributed by atoms with Gasteiger partial charge in [0.2, 0.25) is 0 Å². The van der Waals surface area contributed by atoms with Crippen molar-refractivity contribution in [2.24, 2.45) is 0 Å². The lowest BCUT2D eigenvalue weighted by atomic mass is 10.1. The van der Waals surface area contributed by atoms with Gasteiger partial charge in [0, 0.05) is 16.3 Å². The van der Waals surface area contributed by atoms with E-state index in [2.05, 4.69) is 9.97 Å². The maximum atomic E-state index is 12.9. The van der Waals surface area contributed by atoms with Gasteiger partial charge < -0.3 is 9.72 Å². The molecule has 0 bridgehead atoms. The van der Waals surface area contributed by atoms with Gasteiger partial charge in [0.15, 0.2) is 5.78 Å². The molecule has 0 atom stereocenters. The second-order valence-corrected chi connectivity index (χ2v) is 7.07. The molecule has 7 nitrogen and oxygen atoms in total. The fraction of sp³-hybridized carbons (Fsp3) is 0.263. The molecule has 0 saturated heterocycles. The summed E-state index contributed by atoms with van der Waals surface area (Å²) < 4.78 is 6.18. The molecule has 2 heterocycles. The van der Waals surface area contributed by atoms with E-state index in [9.17, 15) is 14.4 Å². The average Bonchev–Trinajstić information content (AvgIpc) is 2.92. The molecule has 2 aromatic heterocycles. The molecule has 0 unspecified atom stereocenters. The molecule has 1 N–H and O–H groups in total. The number of hydrogen-bond acceptors (Lipinski definition) is 5. The van der Waals surface area contributed by atoms with E-state index >= 15 is 0 Å². The van der Waals surface area contributed by atoms with Gasteiger partial charge in [0.1, 0.15) is 5.69 Å². The van der Waals surface area contributed by atoms with Crippen LogP contribution in [0.25, 0.3) is 10.9 Å². The first-order valence-corrected chi connectivity index (χ1v) is 9.23. The molecule has 0 amide bonds. The number of esters is 1. The number of ketones is 1. The first-order valence-electron chi connectivity index (χ1n) is 8.48. The smallest absolute Gasteiger partial charge is 0.355 e. The SMILES string of the molecule is CCOC(=O)c1[nH]c(C)c(C(=O)Cn2cnc3c(Cl)cc(Cl)cc3c2=O)c1C. The molecule has 3 aromatic rings. The van der Waals surface area contributed by atoms with Crippen molar-refractivity contribution in [2.75, 3.05) is 6.61 Å². The number of aromatic amines is 1. The van der Waals surface area contributed by atoms with E-state index in [-0.39, 0.29) is 35.0 Å². The standard InChI is InChI=1S/C19H17Cl2N3O4/c1-4-28-19(27)16-9(2)15(10(3)23-16)14(25)7-24-8-22-17-12(18(24)26)5-11(20)6-13(17)21/h5-6,8,23H,4,7H2,1-3H3. The predicted molar refractivity (Wildman–Crippen MR) is 107 cm³/mol. The summed E-state index contributed by atoms with van der Waals surface area (Å²) in [4.78, 5) is 44.7. The van der Waals surface area contributed by atoms with Crippen LogP contribution in [0.5, 0.6) is 0 Å². The largest absolute Gasteiger partial charge is 0.461 e. The summed E-state index contributed by atoms with van der Waals surface area (Å²) in [7, 11) is 0. The van der Waals surface area contributed by atoms with E-state index in [4.69, 9.17) is 27.9 Å². The van der Waals surface area contributed by atoms with Crippen LogP contribution in [0.4, 0.5) is 0 Å². The Hall–Kier alpha value is -2.64. The zero-order valence-corrected chi connectivity index (χ0v) is 16.9. The van der Waals surface area contributed by atoms with Gasteiger partial charge in [0.05, 0.1) is 35.4 Å².